The molecule has 106 valence electrons. The highest BCUT2D eigenvalue weighted by Gasteiger charge is 2.18. The lowest BCUT2D eigenvalue weighted by Crippen LogP contribution is -1.99. The van der Waals surface area contributed by atoms with E-state index in [0.717, 1.165) is 15.6 Å². The van der Waals surface area contributed by atoms with Crippen molar-refractivity contribution in [3.63, 3.8) is 0 Å². The normalized spacial score (nSPS) is 12.1. The predicted octanol–water partition coefficient (Wildman–Crippen LogP) is 4.93. The molecule has 2 nitrogen and oxygen atoms in total. The summed E-state index contributed by atoms with van der Waals surface area (Å²) in [4.78, 5) is 0. The third kappa shape index (κ3) is 3.07. The number of hydrogen-bond acceptors (Lipinski definition) is 2. The molecule has 0 saturated heterocycles. The van der Waals surface area contributed by atoms with Crippen LogP contribution < -0.4 is 9.47 Å². The van der Waals surface area contributed by atoms with Crippen molar-refractivity contribution in [1.82, 2.24) is 0 Å². The molecular weight excluding hydrogens is 347 g/mol. The van der Waals surface area contributed by atoms with Gasteiger partial charge in [0.05, 0.1) is 19.6 Å². The second kappa shape index (κ2) is 6.46. The van der Waals surface area contributed by atoms with E-state index in [1.54, 1.807) is 19.2 Å². The Morgan fingerprint density at radius 1 is 1.05 bits per heavy atom. The van der Waals surface area contributed by atoms with Crippen molar-refractivity contribution in [2.45, 2.75) is 5.38 Å². The van der Waals surface area contributed by atoms with Gasteiger partial charge in [0.2, 0.25) is 0 Å². The van der Waals surface area contributed by atoms with E-state index in [9.17, 15) is 4.39 Å². The number of ether oxygens (including phenoxy) is 2. The second-order valence-corrected chi connectivity index (χ2v) is 5.49. The standard InChI is InChI=1S/C15H13BrClFO2/c1-19-13-6-4-10(16)8-11(13)15(17)9-3-5-12(18)14(7-9)20-2/h3-8,15H,1-2H3. The van der Waals surface area contributed by atoms with Gasteiger partial charge in [0.1, 0.15) is 5.75 Å². The van der Waals surface area contributed by atoms with Crippen LogP contribution in [0.3, 0.4) is 0 Å². The quantitative estimate of drug-likeness (QED) is 0.720. The third-order valence-corrected chi connectivity index (χ3v) is 3.91. The van der Waals surface area contributed by atoms with Crippen LogP contribution in [-0.2, 0) is 0 Å². The fourth-order valence-corrected chi connectivity index (χ4v) is 2.60. The number of benzene rings is 2. The summed E-state index contributed by atoms with van der Waals surface area (Å²) in [6, 6.07) is 10.1. The minimum atomic E-state index is -0.461. The van der Waals surface area contributed by atoms with Crippen molar-refractivity contribution in [2.24, 2.45) is 0 Å². The van der Waals surface area contributed by atoms with Gasteiger partial charge < -0.3 is 9.47 Å². The van der Waals surface area contributed by atoms with Crippen molar-refractivity contribution < 1.29 is 13.9 Å². The Bertz CT molecular complexity index is 619. The van der Waals surface area contributed by atoms with Crippen molar-refractivity contribution in [3.05, 3.63) is 57.8 Å². The lowest BCUT2D eigenvalue weighted by Gasteiger charge is -2.15. The van der Waals surface area contributed by atoms with E-state index in [1.165, 1.54) is 13.2 Å². The maximum Gasteiger partial charge on any atom is 0.165 e. The monoisotopic (exact) mass is 358 g/mol. The molecule has 1 unspecified atom stereocenters. The molecule has 5 heteroatoms. The van der Waals surface area contributed by atoms with Crippen molar-refractivity contribution >= 4 is 27.5 Å². The van der Waals surface area contributed by atoms with Crippen molar-refractivity contribution in [3.8, 4) is 11.5 Å². The van der Waals surface area contributed by atoms with E-state index in [0.29, 0.717) is 5.75 Å². The molecule has 0 radical (unpaired) electrons. The molecule has 0 N–H and O–H groups in total. The van der Waals surface area contributed by atoms with Crippen LogP contribution in [0, 0.1) is 5.82 Å². The molecule has 0 heterocycles. The maximum atomic E-state index is 13.4. The summed E-state index contributed by atoms with van der Waals surface area (Å²) >= 11 is 9.90. The number of hydrogen-bond donors (Lipinski definition) is 0. The Labute approximate surface area is 130 Å². The molecule has 20 heavy (non-hydrogen) atoms. The molecule has 2 aromatic carbocycles. The first-order valence-corrected chi connectivity index (χ1v) is 7.10. The number of rotatable bonds is 4. The smallest absolute Gasteiger partial charge is 0.165 e. The first kappa shape index (κ1) is 15.1. The summed E-state index contributed by atoms with van der Waals surface area (Å²) in [6.07, 6.45) is 0. The zero-order chi connectivity index (χ0) is 14.7. The van der Waals surface area contributed by atoms with Gasteiger partial charge in [-0.3, -0.25) is 0 Å². The van der Waals surface area contributed by atoms with Gasteiger partial charge in [-0.1, -0.05) is 22.0 Å². The average molecular weight is 360 g/mol. The van der Waals surface area contributed by atoms with Crippen LogP contribution in [0.15, 0.2) is 40.9 Å². The fraction of sp³-hybridized carbons (Fsp3) is 0.200. The molecule has 0 aliphatic carbocycles. The highest BCUT2D eigenvalue weighted by Crippen LogP contribution is 2.38. The number of halogens is 3. The molecule has 0 saturated carbocycles. The Morgan fingerprint density at radius 3 is 2.40 bits per heavy atom. The molecule has 2 rings (SSSR count). The van der Waals surface area contributed by atoms with Crippen LogP contribution in [-0.4, -0.2) is 14.2 Å². The molecule has 0 bridgehead atoms. The summed E-state index contributed by atoms with van der Waals surface area (Å²) in [7, 11) is 3.01. The van der Waals surface area contributed by atoms with Gasteiger partial charge in [0.25, 0.3) is 0 Å². The largest absolute Gasteiger partial charge is 0.496 e. The fourth-order valence-electron chi connectivity index (χ4n) is 1.92. The summed E-state index contributed by atoms with van der Waals surface area (Å²) in [5.74, 6) is 0.430. The van der Waals surface area contributed by atoms with E-state index < -0.39 is 11.2 Å². The zero-order valence-corrected chi connectivity index (χ0v) is 13.3. The zero-order valence-electron chi connectivity index (χ0n) is 11.0. The lowest BCUT2D eigenvalue weighted by atomic mass is 10.0. The molecule has 0 fully saturated rings. The average Bonchev–Trinajstić information content (AvgIpc) is 2.47. The number of alkyl halides is 1. The third-order valence-electron chi connectivity index (χ3n) is 2.93. The minimum Gasteiger partial charge on any atom is -0.496 e. The van der Waals surface area contributed by atoms with Gasteiger partial charge >= 0.3 is 0 Å². The van der Waals surface area contributed by atoms with Gasteiger partial charge in [-0.05, 0) is 35.9 Å². The summed E-state index contributed by atoms with van der Waals surface area (Å²) < 4.78 is 24.6. The van der Waals surface area contributed by atoms with Gasteiger partial charge in [0.15, 0.2) is 11.6 Å². The SMILES string of the molecule is COc1cc(C(Cl)c2cc(Br)ccc2OC)ccc1F. The second-order valence-electron chi connectivity index (χ2n) is 4.14. The molecule has 0 aliphatic rings. The Hall–Kier alpha value is -1.26. The minimum absolute atomic E-state index is 0.169. The van der Waals surface area contributed by atoms with Crippen LogP contribution in [0.1, 0.15) is 16.5 Å². The van der Waals surface area contributed by atoms with E-state index in [-0.39, 0.29) is 5.75 Å². The molecule has 1 atom stereocenters. The van der Waals surface area contributed by atoms with E-state index in [2.05, 4.69) is 15.9 Å². The summed E-state index contributed by atoms with van der Waals surface area (Å²) in [5, 5.41) is -0.461. The van der Waals surface area contributed by atoms with Crippen molar-refractivity contribution in [1.29, 1.82) is 0 Å². The Kier molecular flexibility index (Phi) is 4.89. The van der Waals surface area contributed by atoms with E-state index in [4.69, 9.17) is 21.1 Å². The molecule has 0 aliphatic heterocycles. The van der Waals surface area contributed by atoms with E-state index in [1.807, 2.05) is 18.2 Å². The van der Waals surface area contributed by atoms with Crippen LogP contribution in [0.5, 0.6) is 11.5 Å². The van der Waals surface area contributed by atoms with Gasteiger partial charge in [-0.25, -0.2) is 4.39 Å². The Morgan fingerprint density at radius 2 is 1.75 bits per heavy atom. The van der Waals surface area contributed by atoms with Gasteiger partial charge in [-0.15, -0.1) is 11.6 Å². The summed E-state index contributed by atoms with van der Waals surface area (Å²) in [5.41, 5.74) is 1.54. The lowest BCUT2D eigenvalue weighted by molar-refractivity contribution is 0.386. The highest BCUT2D eigenvalue weighted by molar-refractivity contribution is 9.10. The molecule has 0 aromatic heterocycles. The van der Waals surface area contributed by atoms with Gasteiger partial charge in [-0.2, -0.15) is 0 Å². The van der Waals surface area contributed by atoms with Crippen molar-refractivity contribution in [2.75, 3.05) is 14.2 Å². The van der Waals surface area contributed by atoms with Crippen LogP contribution in [0.4, 0.5) is 4.39 Å². The molecule has 2 aromatic rings. The van der Waals surface area contributed by atoms with Gasteiger partial charge in [0, 0.05) is 10.0 Å². The molecular formula is C15H13BrClFO2. The number of methoxy groups -OCH3 is 2. The summed E-state index contributed by atoms with van der Waals surface area (Å²) in [6.45, 7) is 0. The highest BCUT2D eigenvalue weighted by atomic mass is 79.9. The topological polar surface area (TPSA) is 18.5 Å². The van der Waals surface area contributed by atoms with Crippen LogP contribution in [0.25, 0.3) is 0 Å². The van der Waals surface area contributed by atoms with Crippen LogP contribution >= 0.6 is 27.5 Å². The maximum absolute atomic E-state index is 13.4. The van der Waals surface area contributed by atoms with E-state index >= 15 is 0 Å². The first-order chi connectivity index (χ1) is 9.56. The van der Waals surface area contributed by atoms with Crippen LogP contribution in [0.2, 0.25) is 0 Å². The molecule has 0 amide bonds. The Balaban J connectivity index is 2.45. The first-order valence-electron chi connectivity index (χ1n) is 5.87. The molecule has 0 spiro atoms. The predicted molar refractivity (Wildman–Crippen MR) is 81.3 cm³/mol.